The van der Waals surface area contributed by atoms with Crippen molar-refractivity contribution in [2.75, 3.05) is 13.1 Å². The molecule has 7 nitrogen and oxygen atoms in total. The predicted octanol–water partition coefficient (Wildman–Crippen LogP) is 3.40. The number of hydrogen-bond acceptors (Lipinski definition) is 5. The van der Waals surface area contributed by atoms with Crippen LogP contribution in [0.3, 0.4) is 0 Å². The third kappa shape index (κ3) is 3.71. The maximum Gasteiger partial charge on any atom is 0.253 e. The minimum atomic E-state index is -0.279. The molecule has 0 unspecified atom stereocenters. The Balaban J connectivity index is 1.92. The van der Waals surface area contributed by atoms with Gasteiger partial charge in [-0.15, -0.1) is 5.10 Å². The molecule has 1 aromatic carbocycles. The van der Waals surface area contributed by atoms with Gasteiger partial charge >= 0.3 is 0 Å². The SMILES string of the molecule is Cc1cccc2cc([C@@H](c3nnnn3C(C)(C)C)N3CCC[C@H](C)C3)c(=O)[nH]c12. The third-order valence-corrected chi connectivity index (χ3v) is 5.84. The fourth-order valence-corrected chi connectivity index (χ4v) is 4.41. The molecule has 154 valence electrons. The van der Waals surface area contributed by atoms with Crippen molar-refractivity contribution in [3.63, 3.8) is 0 Å². The highest BCUT2D eigenvalue weighted by Crippen LogP contribution is 2.32. The number of aryl methyl sites for hydroxylation is 1. The Morgan fingerprint density at radius 1 is 1.28 bits per heavy atom. The zero-order valence-electron chi connectivity index (χ0n) is 17.9. The monoisotopic (exact) mass is 394 g/mol. The summed E-state index contributed by atoms with van der Waals surface area (Å²) in [7, 11) is 0. The van der Waals surface area contributed by atoms with E-state index in [-0.39, 0.29) is 17.1 Å². The van der Waals surface area contributed by atoms with E-state index < -0.39 is 0 Å². The van der Waals surface area contributed by atoms with Gasteiger partial charge in [-0.25, -0.2) is 4.68 Å². The summed E-state index contributed by atoms with van der Waals surface area (Å²) in [6, 6.07) is 7.83. The first-order valence-corrected chi connectivity index (χ1v) is 10.4. The van der Waals surface area contributed by atoms with Gasteiger partial charge in [0.1, 0.15) is 6.04 Å². The van der Waals surface area contributed by atoms with Crippen LogP contribution < -0.4 is 5.56 Å². The molecule has 0 radical (unpaired) electrons. The molecule has 3 aromatic rings. The van der Waals surface area contributed by atoms with Crippen LogP contribution in [0.15, 0.2) is 29.1 Å². The zero-order chi connectivity index (χ0) is 20.8. The molecule has 0 saturated carbocycles. The molecule has 7 heteroatoms. The highest BCUT2D eigenvalue weighted by molar-refractivity contribution is 5.82. The lowest BCUT2D eigenvalue weighted by Gasteiger charge is -2.37. The van der Waals surface area contributed by atoms with Crippen LogP contribution in [0.25, 0.3) is 10.9 Å². The fraction of sp³-hybridized carbons (Fsp3) is 0.545. The molecule has 1 aliphatic heterocycles. The lowest BCUT2D eigenvalue weighted by atomic mass is 9.95. The van der Waals surface area contributed by atoms with Crippen molar-refractivity contribution in [1.29, 1.82) is 0 Å². The van der Waals surface area contributed by atoms with E-state index in [1.165, 1.54) is 6.42 Å². The fourth-order valence-electron chi connectivity index (χ4n) is 4.41. The van der Waals surface area contributed by atoms with Gasteiger partial charge in [0, 0.05) is 12.1 Å². The summed E-state index contributed by atoms with van der Waals surface area (Å²) < 4.78 is 1.86. The second-order valence-electron chi connectivity index (χ2n) is 9.36. The van der Waals surface area contributed by atoms with Crippen LogP contribution in [0.5, 0.6) is 0 Å². The number of hydrogen-bond donors (Lipinski definition) is 1. The summed E-state index contributed by atoms with van der Waals surface area (Å²) in [4.78, 5) is 18.7. The van der Waals surface area contributed by atoms with E-state index >= 15 is 0 Å². The minimum absolute atomic E-state index is 0.0708. The average Bonchev–Trinajstić information content (AvgIpc) is 3.13. The Labute approximate surface area is 171 Å². The Kier molecular flexibility index (Phi) is 5.02. The summed E-state index contributed by atoms with van der Waals surface area (Å²) >= 11 is 0. The van der Waals surface area contributed by atoms with Crippen molar-refractivity contribution in [3.05, 3.63) is 51.6 Å². The second-order valence-corrected chi connectivity index (χ2v) is 9.36. The lowest BCUT2D eigenvalue weighted by Crippen LogP contribution is -2.42. The van der Waals surface area contributed by atoms with Crippen LogP contribution >= 0.6 is 0 Å². The van der Waals surface area contributed by atoms with Gasteiger partial charge in [0.15, 0.2) is 5.82 Å². The molecule has 2 aromatic heterocycles. The van der Waals surface area contributed by atoms with E-state index in [2.05, 4.69) is 53.1 Å². The van der Waals surface area contributed by atoms with E-state index in [0.29, 0.717) is 11.5 Å². The van der Waals surface area contributed by atoms with Crippen LogP contribution in [-0.4, -0.2) is 43.2 Å². The lowest BCUT2D eigenvalue weighted by molar-refractivity contribution is 0.137. The highest BCUT2D eigenvalue weighted by atomic mass is 16.1. The van der Waals surface area contributed by atoms with Crippen molar-refractivity contribution in [1.82, 2.24) is 30.1 Å². The van der Waals surface area contributed by atoms with Gasteiger partial charge in [0.05, 0.1) is 11.1 Å². The van der Waals surface area contributed by atoms with Crippen molar-refractivity contribution < 1.29 is 0 Å². The summed E-state index contributed by atoms with van der Waals surface area (Å²) in [5.41, 5.74) is 2.31. The van der Waals surface area contributed by atoms with Crippen molar-refractivity contribution in [2.24, 2.45) is 5.92 Å². The van der Waals surface area contributed by atoms with Gasteiger partial charge in [0.2, 0.25) is 0 Å². The van der Waals surface area contributed by atoms with Crippen LogP contribution in [0.1, 0.15) is 63.5 Å². The third-order valence-electron chi connectivity index (χ3n) is 5.84. The molecule has 0 spiro atoms. The van der Waals surface area contributed by atoms with Crippen molar-refractivity contribution >= 4 is 10.9 Å². The number of rotatable bonds is 3. The molecule has 1 N–H and O–H groups in total. The minimum Gasteiger partial charge on any atom is -0.321 e. The molecule has 1 saturated heterocycles. The normalized spacial score (nSPS) is 19.6. The number of nitrogens with zero attached hydrogens (tertiary/aromatic N) is 5. The molecule has 0 aliphatic carbocycles. The molecule has 29 heavy (non-hydrogen) atoms. The number of aromatic amines is 1. The Morgan fingerprint density at radius 2 is 2.07 bits per heavy atom. The topological polar surface area (TPSA) is 79.7 Å². The van der Waals surface area contributed by atoms with Crippen molar-refractivity contribution in [2.45, 2.75) is 59.0 Å². The maximum atomic E-state index is 13.2. The largest absolute Gasteiger partial charge is 0.321 e. The number of aromatic nitrogens is 5. The molecule has 1 fully saturated rings. The van der Waals surface area contributed by atoms with Crippen LogP contribution in [0.2, 0.25) is 0 Å². The van der Waals surface area contributed by atoms with E-state index in [1.54, 1.807) is 0 Å². The molecule has 0 amide bonds. The van der Waals surface area contributed by atoms with Gasteiger partial charge in [-0.2, -0.15) is 0 Å². The first kappa shape index (κ1) is 19.8. The average molecular weight is 395 g/mol. The number of H-pyrrole nitrogens is 1. The summed E-state index contributed by atoms with van der Waals surface area (Å²) in [6.07, 6.45) is 2.32. The molecular formula is C22H30N6O. The molecule has 1 aliphatic rings. The number of likely N-dealkylation sites (tertiary alicyclic amines) is 1. The van der Waals surface area contributed by atoms with Gasteiger partial charge in [-0.05, 0) is 80.4 Å². The molecular weight excluding hydrogens is 364 g/mol. The van der Waals surface area contributed by atoms with Gasteiger partial charge in [-0.3, -0.25) is 9.69 Å². The number of para-hydroxylation sites is 1. The number of nitrogens with one attached hydrogen (secondary N) is 1. The summed E-state index contributed by atoms with van der Waals surface area (Å²) in [5.74, 6) is 1.30. The molecule has 2 atom stereocenters. The summed E-state index contributed by atoms with van der Waals surface area (Å²) in [6.45, 7) is 12.4. The first-order valence-electron chi connectivity index (χ1n) is 10.4. The Hall–Kier alpha value is -2.54. The van der Waals surface area contributed by atoms with E-state index in [9.17, 15) is 4.79 Å². The number of benzene rings is 1. The Morgan fingerprint density at radius 3 is 2.79 bits per heavy atom. The van der Waals surface area contributed by atoms with Crippen LogP contribution in [0.4, 0.5) is 0 Å². The number of tetrazole rings is 1. The maximum absolute atomic E-state index is 13.2. The van der Waals surface area contributed by atoms with Gasteiger partial charge < -0.3 is 4.98 Å². The Bertz CT molecular complexity index is 1080. The predicted molar refractivity (Wildman–Crippen MR) is 114 cm³/mol. The standard InChI is InChI=1S/C22H30N6O/c1-14-8-7-11-27(13-14)19(20-24-25-26-28(20)22(3,4)5)17-12-16-10-6-9-15(2)18(16)23-21(17)29/h6,9-10,12,14,19H,7-8,11,13H2,1-5H3,(H,23,29)/t14-,19-/m0/s1. The van der Waals surface area contributed by atoms with Crippen LogP contribution in [-0.2, 0) is 5.54 Å². The molecule has 3 heterocycles. The van der Waals surface area contributed by atoms with Gasteiger partial charge in [0.25, 0.3) is 5.56 Å². The highest BCUT2D eigenvalue weighted by Gasteiger charge is 2.35. The second kappa shape index (κ2) is 7.37. The van der Waals surface area contributed by atoms with Gasteiger partial charge in [-0.1, -0.05) is 25.1 Å². The number of pyridine rings is 1. The van der Waals surface area contributed by atoms with E-state index in [4.69, 9.17) is 0 Å². The molecule has 0 bridgehead atoms. The van der Waals surface area contributed by atoms with Crippen molar-refractivity contribution in [3.8, 4) is 0 Å². The number of piperidine rings is 1. The molecule has 4 rings (SSSR count). The quantitative estimate of drug-likeness (QED) is 0.736. The number of fused-ring (bicyclic) bond motifs is 1. The van der Waals surface area contributed by atoms with Crippen LogP contribution in [0, 0.1) is 12.8 Å². The summed E-state index contributed by atoms with van der Waals surface area (Å²) in [5, 5.41) is 13.7. The smallest absolute Gasteiger partial charge is 0.253 e. The first-order chi connectivity index (χ1) is 13.8. The van der Waals surface area contributed by atoms with E-state index in [1.807, 2.05) is 35.9 Å². The van der Waals surface area contributed by atoms with E-state index in [0.717, 1.165) is 41.8 Å². The zero-order valence-corrected chi connectivity index (χ0v) is 17.9.